The van der Waals surface area contributed by atoms with Crippen LogP contribution >= 0.6 is 11.6 Å². The van der Waals surface area contributed by atoms with E-state index in [9.17, 15) is 14.4 Å². The lowest BCUT2D eigenvalue weighted by Gasteiger charge is -2.37. The number of nitrogens with two attached hydrogens (primary N) is 1. The van der Waals surface area contributed by atoms with Gasteiger partial charge in [-0.2, -0.15) is 10.8 Å². The predicted octanol–water partition coefficient (Wildman–Crippen LogP) is 3.56. The molecule has 1 saturated heterocycles. The lowest BCUT2D eigenvalue weighted by Crippen LogP contribution is -2.46. The second-order valence-electron chi connectivity index (χ2n) is 10.4. The summed E-state index contributed by atoms with van der Waals surface area (Å²) in [6.45, 7) is 6.05. The van der Waals surface area contributed by atoms with Crippen LogP contribution in [0.25, 0.3) is 11.1 Å². The normalized spacial score (nSPS) is 13.0. The number of amides is 2. The van der Waals surface area contributed by atoms with Gasteiger partial charge in [0.2, 0.25) is 12.3 Å². The zero-order valence-corrected chi connectivity index (χ0v) is 26.1. The van der Waals surface area contributed by atoms with Gasteiger partial charge in [0.05, 0.1) is 19.6 Å². The molecule has 4 rings (SSSR count). The number of piperazine rings is 1. The number of halogens is 1. The minimum Gasteiger partial charge on any atom is -0.465 e. The summed E-state index contributed by atoms with van der Waals surface area (Å²) in [5.74, 6) is 10.5. The zero-order valence-electron chi connectivity index (χ0n) is 25.3. The molecule has 236 valence electrons. The van der Waals surface area contributed by atoms with Gasteiger partial charge >= 0.3 is 5.97 Å². The van der Waals surface area contributed by atoms with E-state index in [1.807, 2.05) is 42.5 Å². The predicted molar refractivity (Wildman–Crippen MR) is 174 cm³/mol. The van der Waals surface area contributed by atoms with Crippen molar-refractivity contribution in [1.29, 1.82) is 0 Å². The summed E-state index contributed by atoms with van der Waals surface area (Å²) in [7, 11) is 0. The molecule has 1 heterocycles. The fraction of sp³-hybridized carbons (Fsp3) is 0.324. The molecule has 45 heavy (non-hydrogen) atoms. The highest BCUT2D eigenvalue weighted by molar-refractivity contribution is 6.30. The third-order valence-corrected chi connectivity index (χ3v) is 7.65. The summed E-state index contributed by atoms with van der Waals surface area (Å²) in [6.07, 6.45) is 0.982. The molecule has 0 atom stereocenters. The van der Waals surface area contributed by atoms with Crippen molar-refractivity contribution in [3.05, 3.63) is 88.4 Å². The van der Waals surface area contributed by atoms with Gasteiger partial charge in [-0.1, -0.05) is 65.9 Å². The Labute approximate surface area is 268 Å². The highest BCUT2D eigenvalue weighted by Crippen LogP contribution is 2.28. The van der Waals surface area contributed by atoms with E-state index in [2.05, 4.69) is 56.2 Å². The first kappa shape index (κ1) is 33.5. The van der Waals surface area contributed by atoms with Crippen LogP contribution in [0.1, 0.15) is 30.0 Å². The molecule has 3 aromatic carbocycles. The molecule has 0 unspecified atom stereocenters. The highest BCUT2D eigenvalue weighted by Gasteiger charge is 2.22. The van der Waals surface area contributed by atoms with Crippen LogP contribution in [0.4, 0.5) is 5.69 Å². The second kappa shape index (κ2) is 17.2. The van der Waals surface area contributed by atoms with E-state index in [0.717, 1.165) is 60.2 Å². The van der Waals surface area contributed by atoms with Gasteiger partial charge in [0.1, 0.15) is 6.54 Å². The number of anilines is 1. The van der Waals surface area contributed by atoms with Gasteiger partial charge < -0.3 is 15.0 Å². The van der Waals surface area contributed by atoms with Crippen molar-refractivity contribution in [2.75, 3.05) is 50.8 Å². The topological polar surface area (TPSA) is 117 Å². The minimum absolute atomic E-state index is 0.110. The largest absolute Gasteiger partial charge is 0.465 e. The van der Waals surface area contributed by atoms with Crippen LogP contribution in [0.5, 0.6) is 0 Å². The van der Waals surface area contributed by atoms with E-state index in [1.54, 1.807) is 6.92 Å². The van der Waals surface area contributed by atoms with E-state index in [0.29, 0.717) is 17.9 Å². The molecule has 0 radical (unpaired) electrons. The van der Waals surface area contributed by atoms with Crippen molar-refractivity contribution < 1.29 is 24.1 Å². The van der Waals surface area contributed by atoms with Crippen molar-refractivity contribution in [2.24, 2.45) is 5.90 Å². The molecule has 0 aromatic heterocycles. The molecule has 1 aliphatic heterocycles. The number of nitrogens with zero attached hydrogens (tertiary/aromatic N) is 3. The molecule has 3 N–H and O–H groups in total. The van der Waals surface area contributed by atoms with Gasteiger partial charge in [-0.05, 0) is 53.4 Å². The van der Waals surface area contributed by atoms with Gasteiger partial charge in [-0.15, -0.1) is 0 Å². The van der Waals surface area contributed by atoms with Gasteiger partial charge in [-0.3, -0.25) is 19.3 Å². The Morgan fingerprint density at radius 2 is 1.80 bits per heavy atom. The van der Waals surface area contributed by atoms with Gasteiger partial charge in [0.25, 0.3) is 0 Å². The van der Waals surface area contributed by atoms with Crippen LogP contribution in [0.3, 0.4) is 0 Å². The van der Waals surface area contributed by atoms with Gasteiger partial charge in [0.15, 0.2) is 0 Å². The number of ether oxygens (including phenoxy) is 1. The number of esters is 1. The van der Waals surface area contributed by atoms with Crippen molar-refractivity contribution in [3.8, 4) is 23.0 Å². The molecule has 3 aromatic rings. The van der Waals surface area contributed by atoms with E-state index < -0.39 is 5.97 Å². The average molecular weight is 632 g/mol. The van der Waals surface area contributed by atoms with E-state index in [-0.39, 0.29) is 32.0 Å². The molecule has 10 nitrogen and oxygen atoms in total. The number of hydrogen-bond acceptors (Lipinski definition) is 8. The maximum atomic E-state index is 12.8. The highest BCUT2D eigenvalue weighted by atomic mass is 35.5. The number of nitrogens with one attached hydrogen (secondary N) is 1. The summed E-state index contributed by atoms with van der Waals surface area (Å²) in [5, 5.41) is 4.33. The maximum Gasteiger partial charge on any atom is 0.325 e. The zero-order chi connectivity index (χ0) is 32.0. The standard InChI is InChI=1S/C34H38ClN5O5/c1-2-44-34(43)23-37-33(42)22-28-11-10-26(7-5-6-16-40(25-41)45-36)21-32(28)39-19-17-38(18-20-39)24-29-8-3-4-9-31(29)27-12-14-30(35)15-13-27/h3-4,8-15,21,25H,2,6,16-20,22-24,36H2,1H3,(H,37,42). The number of hydrogen-bond donors (Lipinski definition) is 2. The van der Waals surface area contributed by atoms with Crippen molar-refractivity contribution in [1.82, 2.24) is 15.3 Å². The fourth-order valence-corrected chi connectivity index (χ4v) is 5.25. The van der Waals surface area contributed by atoms with Crippen LogP contribution in [0, 0.1) is 11.8 Å². The van der Waals surface area contributed by atoms with E-state index in [1.165, 1.54) is 11.1 Å². The number of hydroxylamine groups is 2. The molecule has 0 spiro atoms. The van der Waals surface area contributed by atoms with Gasteiger partial charge in [-0.25, -0.2) is 5.06 Å². The summed E-state index contributed by atoms with van der Waals surface area (Å²) in [4.78, 5) is 44.5. The Bertz CT molecular complexity index is 1510. The summed E-state index contributed by atoms with van der Waals surface area (Å²) < 4.78 is 4.92. The number of carbonyl (C=O) groups excluding carboxylic acids is 3. The molecule has 0 bridgehead atoms. The fourth-order valence-electron chi connectivity index (χ4n) is 5.12. The van der Waals surface area contributed by atoms with Gasteiger partial charge in [0, 0.05) is 55.4 Å². The summed E-state index contributed by atoms with van der Waals surface area (Å²) in [5.41, 5.74) is 6.12. The molecule has 1 fully saturated rings. The Morgan fingerprint density at radius 1 is 1.04 bits per heavy atom. The van der Waals surface area contributed by atoms with Crippen LogP contribution in [-0.2, 0) is 37.0 Å². The van der Waals surface area contributed by atoms with Crippen LogP contribution in [0.2, 0.25) is 5.02 Å². The lowest BCUT2D eigenvalue weighted by molar-refractivity contribution is -0.173. The monoisotopic (exact) mass is 631 g/mol. The quantitative estimate of drug-likeness (QED) is 0.127. The average Bonchev–Trinajstić information content (AvgIpc) is 3.06. The SMILES string of the molecule is CCOC(=O)CNC(=O)Cc1ccc(C#CCCN(C=O)ON)cc1N1CCN(Cc2ccccc2-c2ccc(Cl)cc2)CC1. The van der Waals surface area contributed by atoms with E-state index >= 15 is 0 Å². The first-order chi connectivity index (χ1) is 21.9. The summed E-state index contributed by atoms with van der Waals surface area (Å²) in [6, 6.07) is 22.1. The smallest absolute Gasteiger partial charge is 0.325 e. The maximum absolute atomic E-state index is 12.8. The molecule has 2 amide bonds. The molecular weight excluding hydrogens is 594 g/mol. The molecular formula is C34H38ClN5O5. The number of carbonyl (C=O) groups is 3. The second-order valence-corrected chi connectivity index (χ2v) is 10.9. The lowest BCUT2D eigenvalue weighted by atomic mass is 9.99. The first-order valence-electron chi connectivity index (χ1n) is 14.8. The van der Waals surface area contributed by atoms with Crippen LogP contribution < -0.4 is 16.1 Å². The molecule has 0 aliphatic carbocycles. The first-order valence-corrected chi connectivity index (χ1v) is 15.2. The Balaban J connectivity index is 1.46. The molecule has 11 heteroatoms. The number of benzene rings is 3. The third-order valence-electron chi connectivity index (χ3n) is 7.39. The molecule has 0 saturated carbocycles. The van der Waals surface area contributed by atoms with Crippen LogP contribution in [-0.4, -0.2) is 74.1 Å². The number of rotatable bonds is 13. The van der Waals surface area contributed by atoms with Crippen molar-refractivity contribution in [3.63, 3.8) is 0 Å². The van der Waals surface area contributed by atoms with E-state index in [4.69, 9.17) is 22.2 Å². The minimum atomic E-state index is -0.473. The van der Waals surface area contributed by atoms with Crippen molar-refractivity contribution >= 4 is 35.6 Å². The molecule has 1 aliphatic rings. The van der Waals surface area contributed by atoms with Crippen LogP contribution in [0.15, 0.2) is 66.7 Å². The Hall–Kier alpha value is -4.40. The third kappa shape index (κ3) is 10.1. The Kier molecular flexibility index (Phi) is 12.8. The Morgan fingerprint density at radius 3 is 2.51 bits per heavy atom. The summed E-state index contributed by atoms with van der Waals surface area (Å²) >= 11 is 6.12. The van der Waals surface area contributed by atoms with Crippen molar-refractivity contribution in [2.45, 2.75) is 26.3 Å².